The first-order chi connectivity index (χ1) is 10.8. The van der Waals surface area contributed by atoms with E-state index in [4.69, 9.17) is 4.74 Å². The maximum Gasteiger partial charge on any atom is 0.410 e. The fourth-order valence-electron chi connectivity index (χ4n) is 4.78. The summed E-state index contributed by atoms with van der Waals surface area (Å²) in [5.74, 6) is 0.534. The minimum absolute atomic E-state index is 0.142. The van der Waals surface area contributed by atoms with Gasteiger partial charge in [0.25, 0.3) is 0 Å². The van der Waals surface area contributed by atoms with Crippen molar-refractivity contribution in [2.45, 2.75) is 77.9 Å². The average Bonchev–Trinajstić information content (AvgIpc) is 2.44. The summed E-state index contributed by atoms with van der Waals surface area (Å²) in [5, 5.41) is 0. The van der Waals surface area contributed by atoms with Gasteiger partial charge in [-0.3, -0.25) is 4.90 Å². The zero-order chi connectivity index (χ0) is 16.7. The first-order valence-electron chi connectivity index (χ1n) is 9.50. The summed E-state index contributed by atoms with van der Waals surface area (Å²) in [6.45, 7) is 12.4. The van der Waals surface area contributed by atoms with E-state index in [0.29, 0.717) is 17.4 Å². The smallest absolute Gasteiger partial charge is 0.410 e. The lowest BCUT2D eigenvalue weighted by Crippen LogP contribution is -2.57. The number of carbonyl (C=O) groups excluding carboxylic acids is 1. The number of amides is 1. The molecule has 0 bridgehead atoms. The molecule has 1 amide bonds. The third-order valence-electron chi connectivity index (χ3n) is 6.09. The van der Waals surface area contributed by atoms with Gasteiger partial charge in [-0.25, -0.2) is 4.79 Å². The fourth-order valence-corrected chi connectivity index (χ4v) is 4.78. The second kappa shape index (κ2) is 6.27. The zero-order valence-corrected chi connectivity index (χ0v) is 15.4. The van der Waals surface area contributed by atoms with Crippen molar-refractivity contribution in [2.24, 2.45) is 11.3 Å². The Kier molecular flexibility index (Phi) is 4.65. The third kappa shape index (κ3) is 3.84. The van der Waals surface area contributed by atoms with Crippen LogP contribution in [-0.2, 0) is 4.74 Å². The molecule has 2 unspecified atom stereocenters. The molecule has 0 radical (unpaired) electrons. The molecule has 1 spiro atoms. The monoisotopic (exact) mass is 322 g/mol. The van der Waals surface area contributed by atoms with Crippen LogP contribution in [-0.4, -0.2) is 53.7 Å². The van der Waals surface area contributed by atoms with E-state index in [1.807, 2.05) is 25.7 Å². The molecule has 3 fully saturated rings. The standard InChI is InChI=1S/C19H34N2O2/c1-15-13-20(17(22)23-18(2,3)4)12-7-16(15)21-11-6-10-19(14-21)8-5-9-19/h15-16H,5-14H2,1-4H3. The van der Waals surface area contributed by atoms with Gasteiger partial charge in [0.2, 0.25) is 0 Å². The van der Waals surface area contributed by atoms with Crippen LogP contribution >= 0.6 is 0 Å². The molecule has 0 N–H and O–H groups in total. The van der Waals surface area contributed by atoms with Gasteiger partial charge in [0.15, 0.2) is 0 Å². The number of rotatable bonds is 1. The minimum Gasteiger partial charge on any atom is -0.444 e. The highest BCUT2D eigenvalue weighted by Crippen LogP contribution is 2.48. The van der Waals surface area contributed by atoms with E-state index in [1.54, 1.807) is 0 Å². The van der Waals surface area contributed by atoms with Gasteiger partial charge in [-0.15, -0.1) is 0 Å². The molecule has 0 aromatic rings. The van der Waals surface area contributed by atoms with Crippen LogP contribution in [0.1, 0.15) is 66.2 Å². The Bertz CT molecular complexity index is 439. The van der Waals surface area contributed by atoms with Gasteiger partial charge in [0.05, 0.1) is 0 Å². The highest BCUT2D eigenvalue weighted by Gasteiger charge is 2.43. The van der Waals surface area contributed by atoms with Crippen LogP contribution in [0.4, 0.5) is 4.79 Å². The maximum absolute atomic E-state index is 12.3. The highest BCUT2D eigenvalue weighted by atomic mass is 16.6. The summed E-state index contributed by atoms with van der Waals surface area (Å²) >= 11 is 0. The van der Waals surface area contributed by atoms with Crippen molar-refractivity contribution >= 4 is 6.09 Å². The van der Waals surface area contributed by atoms with Gasteiger partial charge in [0, 0.05) is 25.7 Å². The maximum atomic E-state index is 12.3. The second-order valence-corrected chi connectivity index (χ2v) is 9.19. The molecule has 0 aromatic carbocycles. The quantitative estimate of drug-likeness (QED) is 0.734. The number of likely N-dealkylation sites (tertiary alicyclic amines) is 2. The van der Waals surface area contributed by atoms with E-state index in [1.165, 1.54) is 45.2 Å². The molecule has 2 aliphatic heterocycles. The van der Waals surface area contributed by atoms with Crippen molar-refractivity contribution in [1.82, 2.24) is 9.80 Å². The first kappa shape index (κ1) is 17.1. The minimum atomic E-state index is -0.402. The Morgan fingerprint density at radius 1 is 1.13 bits per heavy atom. The molecular weight excluding hydrogens is 288 g/mol. The van der Waals surface area contributed by atoms with Crippen molar-refractivity contribution in [3.05, 3.63) is 0 Å². The Morgan fingerprint density at radius 3 is 2.39 bits per heavy atom. The predicted molar refractivity (Wildman–Crippen MR) is 92.5 cm³/mol. The Balaban J connectivity index is 1.55. The van der Waals surface area contributed by atoms with Gasteiger partial charge < -0.3 is 9.64 Å². The van der Waals surface area contributed by atoms with Crippen LogP contribution in [0.15, 0.2) is 0 Å². The van der Waals surface area contributed by atoms with E-state index in [0.717, 1.165) is 19.5 Å². The average molecular weight is 322 g/mol. The van der Waals surface area contributed by atoms with Gasteiger partial charge >= 0.3 is 6.09 Å². The summed E-state index contributed by atoms with van der Waals surface area (Å²) in [7, 11) is 0. The number of nitrogens with zero attached hydrogens (tertiary/aromatic N) is 2. The van der Waals surface area contributed by atoms with Crippen LogP contribution in [0.2, 0.25) is 0 Å². The van der Waals surface area contributed by atoms with Crippen molar-refractivity contribution in [1.29, 1.82) is 0 Å². The molecule has 3 aliphatic rings. The third-order valence-corrected chi connectivity index (χ3v) is 6.09. The lowest BCUT2D eigenvalue weighted by Gasteiger charge is -2.53. The van der Waals surface area contributed by atoms with E-state index in [9.17, 15) is 4.79 Å². The molecule has 2 atom stereocenters. The number of hydrogen-bond acceptors (Lipinski definition) is 3. The van der Waals surface area contributed by atoms with Crippen LogP contribution in [0.25, 0.3) is 0 Å². The van der Waals surface area contributed by atoms with Crippen molar-refractivity contribution in [3.8, 4) is 0 Å². The summed E-state index contributed by atoms with van der Waals surface area (Å²) in [6.07, 6.45) is 8.06. The molecule has 4 nitrogen and oxygen atoms in total. The Labute approximate surface area is 141 Å². The molecule has 132 valence electrons. The van der Waals surface area contributed by atoms with Gasteiger partial charge in [0.1, 0.15) is 5.60 Å². The number of piperidine rings is 2. The van der Waals surface area contributed by atoms with E-state index in [2.05, 4.69) is 11.8 Å². The number of carbonyl (C=O) groups is 1. The number of hydrogen-bond donors (Lipinski definition) is 0. The fraction of sp³-hybridized carbons (Fsp3) is 0.947. The molecule has 2 saturated heterocycles. The molecule has 2 heterocycles. The van der Waals surface area contributed by atoms with Crippen LogP contribution in [0, 0.1) is 11.3 Å². The van der Waals surface area contributed by atoms with Gasteiger partial charge in [-0.1, -0.05) is 13.3 Å². The van der Waals surface area contributed by atoms with Crippen LogP contribution < -0.4 is 0 Å². The number of ether oxygens (including phenoxy) is 1. The first-order valence-corrected chi connectivity index (χ1v) is 9.50. The molecule has 1 saturated carbocycles. The summed E-state index contributed by atoms with van der Waals surface area (Å²) in [5.41, 5.74) is 0.251. The van der Waals surface area contributed by atoms with E-state index in [-0.39, 0.29) is 6.09 Å². The van der Waals surface area contributed by atoms with Crippen molar-refractivity contribution < 1.29 is 9.53 Å². The highest BCUT2D eigenvalue weighted by molar-refractivity contribution is 5.68. The summed E-state index contributed by atoms with van der Waals surface area (Å²) in [6, 6.07) is 0.645. The predicted octanol–water partition coefficient (Wildman–Crippen LogP) is 3.90. The summed E-state index contributed by atoms with van der Waals surface area (Å²) < 4.78 is 5.54. The molecule has 3 rings (SSSR count). The second-order valence-electron chi connectivity index (χ2n) is 9.19. The van der Waals surface area contributed by atoms with Crippen LogP contribution in [0.3, 0.4) is 0 Å². The van der Waals surface area contributed by atoms with Gasteiger partial charge in [-0.05, 0) is 70.8 Å². The lowest BCUT2D eigenvalue weighted by molar-refractivity contribution is -0.0353. The van der Waals surface area contributed by atoms with Crippen LogP contribution in [0.5, 0.6) is 0 Å². The molecule has 0 aromatic heterocycles. The van der Waals surface area contributed by atoms with Crippen molar-refractivity contribution in [3.63, 3.8) is 0 Å². The van der Waals surface area contributed by atoms with E-state index < -0.39 is 5.60 Å². The van der Waals surface area contributed by atoms with Crippen molar-refractivity contribution in [2.75, 3.05) is 26.2 Å². The zero-order valence-electron chi connectivity index (χ0n) is 15.4. The largest absolute Gasteiger partial charge is 0.444 e. The Morgan fingerprint density at radius 2 is 1.83 bits per heavy atom. The summed E-state index contributed by atoms with van der Waals surface area (Å²) in [4.78, 5) is 17.0. The topological polar surface area (TPSA) is 32.8 Å². The van der Waals surface area contributed by atoms with Gasteiger partial charge in [-0.2, -0.15) is 0 Å². The Hall–Kier alpha value is -0.770. The lowest BCUT2D eigenvalue weighted by atomic mass is 9.64. The SMILES string of the molecule is CC1CN(C(=O)OC(C)(C)C)CCC1N1CCCC2(CCC2)C1. The van der Waals surface area contributed by atoms with E-state index >= 15 is 0 Å². The molecule has 1 aliphatic carbocycles. The molecule has 23 heavy (non-hydrogen) atoms. The molecular formula is C19H34N2O2. The molecule has 4 heteroatoms. The normalized spacial score (nSPS) is 31.7.